The van der Waals surface area contributed by atoms with E-state index in [0.29, 0.717) is 40.3 Å². The van der Waals surface area contributed by atoms with Crippen LogP contribution >= 0.6 is 11.3 Å². The van der Waals surface area contributed by atoms with Crippen molar-refractivity contribution in [2.45, 2.75) is 26.3 Å². The molecule has 1 saturated heterocycles. The number of carbonyl (C=O) groups excluding carboxylic acids is 3. The predicted octanol–water partition coefficient (Wildman–Crippen LogP) is 5.07. The van der Waals surface area contributed by atoms with Crippen LogP contribution in [0.4, 0.5) is 16.3 Å². The van der Waals surface area contributed by atoms with Crippen LogP contribution in [0.1, 0.15) is 51.9 Å². The number of benzene rings is 2. The van der Waals surface area contributed by atoms with Gasteiger partial charge in [-0.05, 0) is 49.2 Å². The second-order valence-corrected chi connectivity index (χ2v) is 10.3. The second-order valence-electron chi connectivity index (χ2n) is 9.23. The van der Waals surface area contributed by atoms with E-state index in [1.165, 1.54) is 0 Å². The molecule has 0 bridgehead atoms. The van der Waals surface area contributed by atoms with Crippen LogP contribution < -0.4 is 15.5 Å². The van der Waals surface area contributed by atoms with E-state index in [-0.39, 0.29) is 30.3 Å². The number of morpholine rings is 1. The van der Waals surface area contributed by atoms with Gasteiger partial charge in [0, 0.05) is 24.3 Å². The minimum absolute atomic E-state index is 0.158. The highest BCUT2D eigenvalue weighted by atomic mass is 32.1. The topological polar surface area (TPSA) is 115 Å². The fourth-order valence-corrected chi connectivity index (χ4v) is 5.59. The maximum Gasteiger partial charge on any atom is 0.436 e. The van der Waals surface area contributed by atoms with Gasteiger partial charge in [-0.2, -0.15) is 4.68 Å². The van der Waals surface area contributed by atoms with E-state index < -0.39 is 6.09 Å². The van der Waals surface area contributed by atoms with Crippen molar-refractivity contribution in [2.24, 2.45) is 0 Å². The molecule has 208 valence electrons. The van der Waals surface area contributed by atoms with Crippen molar-refractivity contribution in [3.05, 3.63) is 76.7 Å². The molecule has 10 nitrogen and oxygen atoms in total. The number of ether oxygens (including phenoxy) is 2. The first-order valence-corrected chi connectivity index (χ1v) is 14.1. The summed E-state index contributed by atoms with van der Waals surface area (Å²) in [6, 6.07) is 18.5. The lowest BCUT2D eigenvalue weighted by Crippen LogP contribution is -2.36. The maximum absolute atomic E-state index is 13.2. The number of fused-ring (bicyclic) bond motifs is 1. The van der Waals surface area contributed by atoms with Crippen LogP contribution in [0.2, 0.25) is 0 Å². The van der Waals surface area contributed by atoms with E-state index in [1.54, 1.807) is 25.1 Å². The monoisotopic (exact) mass is 561 g/mol. The largest absolute Gasteiger partial charge is 0.448 e. The summed E-state index contributed by atoms with van der Waals surface area (Å²) in [5.74, 6) is -0.477. The van der Waals surface area contributed by atoms with Crippen LogP contribution in [0.25, 0.3) is 10.2 Å². The zero-order valence-corrected chi connectivity index (χ0v) is 23.2. The number of nitrogens with one attached hydrogen (secondary N) is 2. The molecular formula is C29H31N5O5S. The lowest BCUT2D eigenvalue weighted by molar-refractivity contribution is 0.0939. The molecule has 0 aliphatic carbocycles. The quantitative estimate of drug-likeness (QED) is 0.309. The van der Waals surface area contributed by atoms with Gasteiger partial charge in [-0.15, -0.1) is 16.4 Å². The first-order valence-electron chi connectivity index (χ1n) is 13.3. The molecule has 0 radical (unpaired) electrons. The van der Waals surface area contributed by atoms with Gasteiger partial charge in [0.25, 0.3) is 11.8 Å². The molecule has 40 heavy (non-hydrogen) atoms. The minimum Gasteiger partial charge on any atom is -0.448 e. The van der Waals surface area contributed by atoms with E-state index in [1.807, 2.05) is 49.4 Å². The first-order chi connectivity index (χ1) is 19.5. The zero-order valence-electron chi connectivity index (χ0n) is 22.4. The Bertz CT molecular complexity index is 1490. The number of hydrogen-bond acceptors (Lipinski definition) is 8. The summed E-state index contributed by atoms with van der Waals surface area (Å²) in [6.45, 7) is 6.80. The lowest BCUT2D eigenvalue weighted by atomic mass is 10.0. The fourth-order valence-electron chi connectivity index (χ4n) is 4.58. The highest BCUT2D eigenvalue weighted by Gasteiger charge is 2.24. The van der Waals surface area contributed by atoms with Crippen molar-refractivity contribution in [2.75, 3.05) is 43.1 Å². The summed E-state index contributed by atoms with van der Waals surface area (Å²) in [6.07, 6.45) is 0.0236. The average molecular weight is 562 g/mol. The van der Waals surface area contributed by atoms with Crippen LogP contribution in [0, 0.1) is 0 Å². The molecule has 11 heteroatoms. The van der Waals surface area contributed by atoms with Gasteiger partial charge in [-0.3, -0.25) is 9.59 Å². The number of aromatic nitrogens is 2. The molecular weight excluding hydrogens is 530 g/mol. The zero-order chi connectivity index (χ0) is 28.1. The Morgan fingerprint density at radius 1 is 1.02 bits per heavy atom. The van der Waals surface area contributed by atoms with Gasteiger partial charge in [-0.1, -0.05) is 37.3 Å². The fraction of sp³-hybridized carbons (Fsp3) is 0.310. The summed E-state index contributed by atoms with van der Waals surface area (Å²) in [5, 5.41) is 10.7. The highest BCUT2D eigenvalue weighted by molar-refractivity contribution is 7.20. The van der Waals surface area contributed by atoms with Crippen molar-refractivity contribution in [3.63, 3.8) is 0 Å². The summed E-state index contributed by atoms with van der Waals surface area (Å²) in [4.78, 5) is 42.0. The van der Waals surface area contributed by atoms with E-state index in [4.69, 9.17) is 9.47 Å². The molecule has 2 N–H and O–H groups in total. The number of thiophene rings is 1. The van der Waals surface area contributed by atoms with Gasteiger partial charge >= 0.3 is 6.09 Å². The molecule has 1 aliphatic heterocycles. The lowest BCUT2D eigenvalue weighted by Gasteiger charge is -2.28. The van der Waals surface area contributed by atoms with Gasteiger partial charge in [0.2, 0.25) is 0 Å². The maximum atomic E-state index is 13.2. The van der Waals surface area contributed by atoms with Crippen LogP contribution in [0.5, 0.6) is 0 Å². The third kappa shape index (κ3) is 5.85. The molecule has 4 aromatic rings. The van der Waals surface area contributed by atoms with Crippen molar-refractivity contribution in [1.82, 2.24) is 15.1 Å². The number of rotatable bonds is 8. The predicted molar refractivity (Wildman–Crippen MR) is 154 cm³/mol. The normalized spacial score (nSPS) is 14.1. The Kier molecular flexibility index (Phi) is 8.42. The van der Waals surface area contributed by atoms with E-state index in [9.17, 15) is 14.4 Å². The summed E-state index contributed by atoms with van der Waals surface area (Å²) in [7, 11) is 0. The van der Waals surface area contributed by atoms with Crippen LogP contribution in [-0.4, -0.2) is 60.6 Å². The molecule has 1 atom stereocenters. The Morgan fingerprint density at radius 3 is 2.42 bits per heavy atom. The summed E-state index contributed by atoms with van der Waals surface area (Å²) in [5.41, 5.74) is 2.46. The summed E-state index contributed by atoms with van der Waals surface area (Å²) >= 11 is 1.12. The number of hydrogen-bond donors (Lipinski definition) is 2. The Morgan fingerprint density at radius 2 is 1.75 bits per heavy atom. The van der Waals surface area contributed by atoms with E-state index >= 15 is 0 Å². The molecule has 0 spiro atoms. The number of amides is 2. The first kappa shape index (κ1) is 27.4. The van der Waals surface area contributed by atoms with Gasteiger partial charge in [0.1, 0.15) is 4.83 Å². The molecule has 1 fully saturated rings. The third-order valence-corrected chi connectivity index (χ3v) is 7.79. The number of anilines is 2. The highest BCUT2D eigenvalue weighted by Crippen LogP contribution is 2.33. The van der Waals surface area contributed by atoms with Crippen LogP contribution in [0.15, 0.2) is 60.7 Å². The van der Waals surface area contributed by atoms with Gasteiger partial charge in [0.05, 0.1) is 36.1 Å². The van der Waals surface area contributed by atoms with Gasteiger partial charge < -0.3 is 25.0 Å². The molecule has 3 heterocycles. The second kappa shape index (κ2) is 12.3. The van der Waals surface area contributed by atoms with Crippen molar-refractivity contribution in [3.8, 4) is 0 Å². The molecule has 2 amide bonds. The van der Waals surface area contributed by atoms with Gasteiger partial charge in [0.15, 0.2) is 5.82 Å². The molecule has 0 saturated carbocycles. The molecule has 0 unspecified atom stereocenters. The van der Waals surface area contributed by atoms with E-state index in [2.05, 4.69) is 20.6 Å². The van der Waals surface area contributed by atoms with Crippen molar-refractivity contribution < 1.29 is 23.9 Å². The Labute approximate surface area is 235 Å². The molecule has 1 aliphatic rings. The Balaban J connectivity index is 1.39. The minimum atomic E-state index is -0.688. The Hall–Kier alpha value is -4.22. The molecule has 2 aromatic heterocycles. The van der Waals surface area contributed by atoms with Crippen molar-refractivity contribution >= 4 is 51.0 Å². The van der Waals surface area contributed by atoms with Crippen molar-refractivity contribution in [1.29, 1.82) is 0 Å². The van der Waals surface area contributed by atoms with E-state index in [0.717, 1.165) is 40.4 Å². The third-order valence-electron chi connectivity index (χ3n) is 6.68. The average Bonchev–Trinajstić information content (AvgIpc) is 3.57. The van der Waals surface area contributed by atoms with Crippen LogP contribution in [-0.2, 0) is 9.47 Å². The number of nitrogens with zero attached hydrogens (tertiary/aromatic N) is 3. The SMILES string of the molecule is CCOC(=O)n1nc(NC(=O)c2ccc(N3CCOCC3)cc2)c2cc(C(=O)N[C@H](CC)c3ccccc3)sc21. The smallest absolute Gasteiger partial charge is 0.436 e. The number of carbonyl (C=O) groups is 3. The molecule has 2 aromatic carbocycles. The summed E-state index contributed by atoms with van der Waals surface area (Å²) < 4.78 is 11.7. The standard InChI is InChI=1S/C29H31N5O5S/c1-3-23(19-8-6-5-7-9-19)30-27(36)24-18-22-25(32-34(28(22)40-24)29(37)39-4-2)31-26(35)20-10-12-21(13-11-20)33-14-16-38-17-15-33/h5-13,18,23H,3-4,14-17H2,1-2H3,(H,30,36)(H,31,32,35)/t23-/m1/s1. The molecule has 5 rings (SSSR count). The van der Waals surface area contributed by atoms with Crippen LogP contribution in [0.3, 0.4) is 0 Å². The van der Waals surface area contributed by atoms with Gasteiger partial charge in [-0.25, -0.2) is 4.79 Å².